The molecule has 1 aromatic carbocycles. The van der Waals surface area contributed by atoms with Crippen molar-refractivity contribution in [3.8, 4) is 0 Å². The van der Waals surface area contributed by atoms with E-state index in [4.69, 9.17) is 4.74 Å². The highest BCUT2D eigenvalue weighted by molar-refractivity contribution is 6.13. The number of nitrogens with zero attached hydrogens (tertiary/aromatic N) is 2. The molecule has 15 nitrogen and oxygen atoms in total. The standard InChI is InChI=1S/C32H41N5O10/c1-19(2)17-24(35-32(46)25-5-4-15-36(25)28(41)14-16-37-26(39)11-12-27(37)40)31(45)34-23(10-13-29(42)43)30(44)33-22-8-6-21(7-9-22)18-47-20(3)38/h6-9,11-12,19,23-25H,4-5,10,13-18H2,1-3H3,(H,33,44)(H,34,45)(H,35,46)(H,42,43)/t23-,24-,25-/m0/s1. The second kappa shape index (κ2) is 17.0. The molecule has 6 amide bonds. The normalized spacial score (nSPS) is 17.0. The summed E-state index contributed by atoms with van der Waals surface area (Å²) in [5.41, 5.74) is 1.04. The third-order valence-corrected chi connectivity index (χ3v) is 7.61. The Morgan fingerprint density at radius 3 is 2.19 bits per heavy atom. The van der Waals surface area contributed by atoms with Crippen molar-refractivity contribution in [2.45, 2.75) is 84.0 Å². The van der Waals surface area contributed by atoms with Gasteiger partial charge in [-0.25, -0.2) is 0 Å². The van der Waals surface area contributed by atoms with E-state index < -0.39 is 71.9 Å². The van der Waals surface area contributed by atoms with Gasteiger partial charge in [-0.3, -0.25) is 43.3 Å². The fourth-order valence-electron chi connectivity index (χ4n) is 5.22. The number of carbonyl (C=O) groups is 8. The lowest BCUT2D eigenvalue weighted by Crippen LogP contribution is -2.56. The molecule has 0 radical (unpaired) electrons. The van der Waals surface area contributed by atoms with Crippen LogP contribution in [0.15, 0.2) is 36.4 Å². The van der Waals surface area contributed by atoms with Gasteiger partial charge in [0, 0.05) is 50.7 Å². The Morgan fingerprint density at radius 2 is 1.60 bits per heavy atom. The molecule has 254 valence electrons. The van der Waals surface area contributed by atoms with Crippen molar-refractivity contribution >= 4 is 53.1 Å². The summed E-state index contributed by atoms with van der Waals surface area (Å²) >= 11 is 0. The van der Waals surface area contributed by atoms with Gasteiger partial charge in [0.25, 0.3) is 11.8 Å². The Hall–Kier alpha value is -5.08. The third kappa shape index (κ3) is 11.0. The number of nitrogens with one attached hydrogen (secondary N) is 3. The van der Waals surface area contributed by atoms with Crippen LogP contribution in [0.25, 0.3) is 0 Å². The molecule has 2 aliphatic rings. The Labute approximate surface area is 272 Å². The van der Waals surface area contributed by atoms with Crippen LogP contribution in [0.3, 0.4) is 0 Å². The number of likely N-dealkylation sites (tertiary alicyclic amines) is 1. The number of anilines is 1. The molecular weight excluding hydrogens is 614 g/mol. The molecule has 1 fully saturated rings. The number of carbonyl (C=O) groups excluding carboxylic acids is 7. The molecule has 15 heteroatoms. The van der Waals surface area contributed by atoms with Gasteiger partial charge < -0.3 is 30.7 Å². The highest BCUT2D eigenvalue weighted by atomic mass is 16.5. The van der Waals surface area contributed by atoms with E-state index >= 15 is 0 Å². The highest BCUT2D eigenvalue weighted by Crippen LogP contribution is 2.20. The minimum Gasteiger partial charge on any atom is -0.481 e. The van der Waals surface area contributed by atoms with Crippen LogP contribution in [0.4, 0.5) is 5.69 Å². The number of rotatable bonds is 16. The number of esters is 1. The number of aliphatic carboxylic acids is 1. The summed E-state index contributed by atoms with van der Waals surface area (Å²) in [6.45, 7) is 5.19. The van der Waals surface area contributed by atoms with Crippen molar-refractivity contribution in [1.29, 1.82) is 0 Å². The summed E-state index contributed by atoms with van der Waals surface area (Å²) < 4.78 is 4.94. The molecular formula is C32H41N5O10. The lowest BCUT2D eigenvalue weighted by molar-refractivity contribution is -0.143. The van der Waals surface area contributed by atoms with Crippen LogP contribution in [0, 0.1) is 5.92 Å². The second-order valence-corrected chi connectivity index (χ2v) is 11.8. The first-order valence-corrected chi connectivity index (χ1v) is 15.4. The van der Waals surface area contributed by atoms with E-state index in [1.54, 1.807) is 24.3 Å². The maximum Gasteiger partial charge on any atom is 0.303 e. The van der Waals surface area contributed by atoms with Gasteiger partial charge in [-0.1, -0.05) is 26.0 Å². The predicted molar refractivity (Wildman–Crippen MR) is 166 cm³/mol. The van der Waals surface area contributed by atoms with Gasteiger partial charge in [-0.15, -0.1) is 0 Å². The van der Waals surface area contributed by atoms with E-state index in [-0.39, 0.29) is 38.3 Å². The topological polar surface area (TPSA) is 209 Å². The Balaban J connectivity index is 1.66. The lowest BCUT2D eigenvalue weighted by atomic mass is 10.0. The second-order valence-electron chi connectivity index (χ2n) is 11.8. The molecule has 3 atom stereocenters. The van der Waals surface area contributed by atoms with Gasteiger partial charge in [-0.2, -0.15) is 0 Å². The zero-order valence-corrected chi connectivity index (χ0v) is 26.7. The van der Waals surface area contributed by atoms with Crippen LogP contribution in [0.5, 0.6) is 0 Å². The monoisotopic (exact) mass is 655 g/mol. The van der Waals surface area contributed by atoms with E-state index in [9.17, 15) is 43.5 Å². The average Bonchev–Trinajstić information content (AvgIpc) is 3.63. The van der Waals surface area contributed by atoms with Gasteiger partial charge in [0.2, 0.25) is 23.6 Å². The molecule has 47 heavy (non-hydrogen) atoms. The fraction of sp³-hybridized carbons (Fsp3) is 0.500. The average molecular weight is 656 g/mol. The lowest BCUT2D eigenvalue weighted by Gasteiger charge is -2.28. The van der Waals surface area contributed by atoms with E-state index in [1.807, 2.05) is 13.8 Å². The zero-order chi connectivity index (χ0) is 34.7. The van der Waals surface area contributed by atoms with Crippen molar-refractivity contribution in [3.05, 3.63) is 42.0 Å². The van der Waals surface area contributed by atoms with Crippen LogP contribution in [-0.2, 0) is 49.7 Å². The van der Waals surface area contributed by atoms with E-state index in [0.717, 1.165) is 17.1 Å². The van der Waals surface area contributed by atoms with Crippen LogP contribution in [0.1, 0.15) is 64.9 Å². The SMILES string of the molecule is CC(=O)OCc1ccc(NC(=O)[C@H](CCC(=O)O)NC(=O)[C@H](CC(C)C)NC(=O)[C@@H]2CCCN2C(=O)CCN2C(=O)C=CC2=O)cc1. The number of imide groups is 1. The molecule has 0 saturated carbocycles. The van der Waals surface area contributed by atoms with Crippen LogP contribution in [-0.4, -0.2) is 93.5 Å². The summed E-state index contributed by atoms with van der Waals surface area (Å²) in [6, 6.07) is 3.20. The van der Waals surface area contributed by atoms with Crippen molar-refractivity contribution in [2.75, 3.05) is 18.4 Å². The highest BCUT2D eigenvalue weighted by Gasteiger charge is 2.37. The molecule has 0 bridgehead atoms. The molecule has 2 heterocycles. The van der Waals surface area contributed by atoms with Crippen molar-refractivity contribution in [2.24, 2.45) is 5.92 Å². The van der Waals surface area contributed by atoms with Crippen LogP contribution < -0.4 is 16.0 Å². The number of hydrogen-bond donors (Lipinski definition) is 4. The van der Waals surface area contributed by atoms with E-state index in [0.29, 0.717) is 30.6 Å². The molecule has 3 rings (SSSR count). The number of hydrogen-bond acceptors (Lipinski definition) is 9. The maximum atomic E-state index is 13.5. The largest absolute Gasteiger partial charge is 0.481 e. The first kappa shape index (κ1) is 36.4. The van der Waals surface area contributed by atoms with Gasteiger partial charge in [0.1, 0.15) is 24.7 Å². The number of ether oxygens (including phenoxy) is 1. The molecule has 0 spiro atoms. The third-order valence-electron chi connectivity index (χ3n) is 7.61. The molecule has 0 unspecified atom stereocenters. The van der Waals surface area contributed by atoms with Gasteiger partial charge in [-0.05, 0) is 49.3 Å². The summed E-state index contributed by atoms with van der Waals surface area (Å²) in [6.07, 6.45) is 2.54. The molecule has 1 aromatic rings. The van der Waals surface area contributed by atoms with Gasteiger partial charge in [0.05, 0.1) is 0 Å². The fourth-order valence-corrected chi connectivity index (χ4v) is 5.22. The van der Waals surface area contributed by atoms with E-state index in [2.05, 4.69) is 16.0 Å². The Kier molecular flexibility index (Phi) is 13.2. The minimum atomic E-state index is -1.25. The molecule has 2 aliphatic heterocycles. The van der Waals surface area contributed by atoms with Crippen LogP contribution in [0.2, 0.25) is 0 Å². The predicted octanol–water partition coefficient (Wildman–Crippen LogP) is 0.875. The summed E-state index contributed by atoms with van der Waals surface area (Å²) in [7, 11) is 0. The molecule has 4 N–H and O–H groups in total. The first-order chi connectivity index (χ1) is 22.2. The number of amides is 6. The summed E-state index contributed by atoms with van der Waals surface area (Å²) in [4.78, 5) is 101. The number of carboxylic acid groups (broad SMARTS) is 1. The molecule has 1 saturated heterocycles. The smallest absolute Gasteiger partial charge is 0.303 e. The van der Waals surface area contributed by atoms with Crippen molar-refractivity contribution in [1.82, 2.24) is 20.4 Å². The maximum absolute atomic E-state index is 13.5. The zero-order valence-electron chi connectivity index (χ0n) is 26.7. The first-order valence-electron chi connectivity index (χ1n) is 15.4. The molecule has 0 aromatic heterocycles. The van der Waals surface area contributed by atoms with Crippen molar-refractivity contribution < 1.29 is 48.2 Å². The van der Waals surface area contributed by atoms with Gasteiger partial charge in [0.15, 0.2) is 0 Å². The summed E-state index contributed by atoms with van der Waals surface area (Å²) in [5, 5.41) is 17.2. The minimum absolute atomic E-state index is 0.0505. The molecule has 0 aliphatic carbocycles. The number of carboxylic acids is 1. The summed E-state index contributed by atoms with van der Waals surface area (Å²) in [5.74, 6) is -5.02. The van der Waals surface area contributed by atoms with Crippen molar-refractivity contribution in [3.63, 3.8) is 0 Å². The Morgan fingerprint density at radius 1 is 0.936 bits per heavy atom. The quantitative estimate of drug-likeness (QED) is 0.146. The van der Waals surface area contributed by atoms with Crippen LogP contribution >= 0.6 is 0 Å². The Bertz CT molecular complexity index is 1390. The number of benzene rings is 1. The van der Waals surface area contributed by atoms with Gasteiger partial charge >= 0.3 is 11.9 Å². The van der Waals surface area contributed by atoms with E-state index in [1.165, 1.54) is 11.8 Å².